The van der Waals surface area contributed by atoms with Crippen molar-refractivity contribution in [2.24, 2.45) is 0 Å². The molecule has 0 radical (unpaired) electrons. The Kier molecular flexibility index (Phi) is 4.16. The quantitative estimate of drug-likeness (QED) is 0.816. The van der Waals surface area contributed by atoms with E-state index >= 15 is 0 Å². The zero-order valence-electron chi connectivity index (χ0n) is 8.10. The third-order valence-electron chi connectivity index (χ3n) is 1.76. The molecule has 1 aromatic rings. The van der Waals surface area contributed by atoms with Gasteiger partial charge in [-0.05, 0) is 53.8 Å². The summed E-state index contributed by atoms with van der Waals surface area (Å²) in [5.74, 6) is 0. The van der Waals surface area contributed by atoms with Gasteiger partial charge in [0, 0.05) is 0 Å². The molecule has 1 aromatic heterocycles. The highest BCUT2D eigenvalue weighted by Crippen LogP contribution is 2.26. The molecule has 0 aliphatic heterocycles. The maximum atomic E-state index is 3.47. The van der Waals surface area contributed by atoms with E-state index in [9.17, 15) is 0 Å². The highest BCUT2D eigenvalue weighted by atomic mass is 79.9. The summed E-state index contributed by atoms with van der Waals surface area (Å²) in [7, 11) is 1.98. The first kappa shape index (κ1) is 11.0. The summed E-state index contributed by atoms with van der Waals surface area (Å²) in [5.41, 5.74) is 2.65. The van der Waals surface area contributed by atoms with Crippen LogP contribution in [0.2, 0.25) is 0 Å². The lowest BCUT2D eigenvalue weighted by molar-refractivity contribution is 0.712. The summed E-state index contributed by atoms with van der Waals surface area (Å²) in [4.78, 5) is 0. The number of likely N-dealkylation sites (N-methyl/N-ethyl adjacent to an activating group) is 1. The van der Waals surface area contributed by atoms with Crippen LogP contribution in [0, 0.1) is 0 Å². The molecule has 0 spiro atoms. The van der Waals surface area contributed by atoms with Crippen LogP contribution in [0.4, 0.5) is 0 Å². The summed E-state index contributed by atoms with van der Waals surface area (Å²) in [6, 6.07) is 2.50. The van der Waals surface area contributed by atoms with Crippen LogP contribution in [0.15, 0.2) is 26.9 Å². The molecule has 72 valence electrons. The van der Waals surface area contributed by atoms with Gasteiger partial charge in [-0.3, -0.25) is 0 Å². The van der Waals surface area contributed by atoms with Gasteiger partial charge in [0.25, 0.3) is 0 Å². The first-order valence-electron chi connectivity index (χ1n) is 4.19. The SMILES string of the molecule is CNC(C=C(C)C)c1csc(Br)c1. The molecule has 1 N–H and O–H groups in total. The van der Waals surface area contributed by atoms with E-state index in [0.717, 1.165) is 0 Å². The Bertz CT molecular complexity index is 300. The highest BCUT2D eigenvalue weighted by Gasteiger charge is 2.07. The second-order valence-corrected chi connectivity index (χ2v) is 5.48. The average Bonchev–Trinajstić information content (AvgIpc) is 2.47. The Balaban J connectivity index is 2.84. The Morgan fingerprint density at radius 2 is 2.31 bits per heavy atom. The lowest BCUT2D eigenvalue weighted by Crippen LogP contribution is -2.13. The summed E-state index contributed by atoms with van der Waals surface area (Å²) >= 11 is 5.19. The second-order valence-electron chi connectivity index (χ2n) is 3.19. The number of hydrogen-bond acceptors (Lipinski definition) is 2. The number of nitrogens with one attached hydrogen (secondary N) is 1. The Morgan fingerprint density at radius 1 is 1.62 bits per heavy atom. The van der Waals surface area contributed by atoms with E-state index < -0.39 is 0 Å². The smallest absolute Gasteiger partial charge is 0.0701 e. The van der Waals surface area contributed by atoms with Crippen molar-refractivity contribution in [1.82, 2.24) is 5.32 Å². The predicted octanol–water partition coefficient (Wildman–Crippen LogP) is 3.74. The van der Waals surface area contributed by atoms with Gasteiger partial charge in [-0.2, -0.15) is 0 Å². The number of halogens is 1. The number of thiophene rings is 1. The normalized spacial score (nSPS) is 12.6. The minimum absolute atomic E-state index is 0.340. The van der Waals surface area contributed by atoms with Crippen molar-refractivity contribution in [3.05, 3.63) is 32.4 Å². The molecule has 0 bridgehead atoms. The lowest BCUT2D eigenvalue weighted by Gasteiger charge is -2.10. The van der Waals surface area contributed by atoms with Gasteiger partial charge in [-0.25, -0.2) is 0 Å². The van der Waals surface area contributed by atoms with Crippen LogP contribution in [0.1, 0.15) is 25.5 Å². The van der Waals surface area contributed by atoms with Crippen molar-refractivity contribution < 1.29 is 0 Å². The van der Waals surface area contributed by atoms with Crippen LogP contribution in [0.25, 0.3) is 0 Å². The molecular weight excluding hydrogens is 246 g/mol. The first-order valence-corrected chi connectivity index (χ1v) is 5.87. The minimum atomic E-state index is 0.340. The molecule has 1 atom stereocenters. The van der Waals surface area contributed by atoms with E-state index in [-0.39, 0.29) is 0 Å². The first-order chi connectivity index (χ1) is 6.13. The van der Waals surface area contributed by atoms with Crippen LogP contribution >= 0.6 is 27.3 Å². The second kappa shape index (κ2) is 4.94. The zero-order valence-corrected chi connectivity index (χ0v) is 10.5. The van der Waals surface area contributed by atoms with Crippen molar-refractivity contribution in [3.8, 4) is 0 Å². The summed E-state index contributed by atoms with van der Waals surface area (Å²) in [5, 5.41) is 5.44. The topological polar surface area (TPSA) is 12.0 Å². The van der Waals surface area contributed by atoms with Gasteiger partial charge in [0.15, 0.2) is 0 Å². The molecule has 0 fully saturated rings. The van der Waals surface area contributed by atoms with E-state index in [1.807, 2.05) is 7.05 Å². The van der Waals surface area contributed by atoms with Gasteiger partial charge < -0.3 is 5.32 Å². The van der Waals surface area contributed by atoms with Gasteiger partial charge in [-0.1, -0.05) is 11.6 Å². The van der Waals surface area contributed by atoms with Crippen LogP contribution in [-0.2, 0) is 0 Å². The maximum Gasteiger partial charge on any atom is 0.0701 e. The molecule has 0 saturated carbocycles. The fourth-order valence-corrected chi connectivity index (χ4v) is 2.38. The van der Waals surface area contributed by atoms with Crippen LogP contribution in [0.3, 0.4) is 0 Å². The molecule has 0 aromatic carbocycles. The van der Waals surface area contributed by atoms with Crippen LogP contribution < -0.4 is 5.32 Å². The molecule has 0 aliphatic rings. The van der Waals surface area contributed by atoms with Crippen molar-refractivity contribution in [2.75, 3.05) is 7.05 Å². The largest absolute Gasteiger partial charge is 0.310 e. The molecule has 3 heteroatoms. The molecule has 0 aliphatic carbocycles. The lowest BCUT2D eigenvalue weighted by atomic mass is 10.1. The van der Waals surface area contributed by atoms with Gasteiger partial charge in [0.2, 0.25) is 0 Å². The molecule has 0 saturated heterocycles. The molecule has 1 unspecified atom stereocenters. The van der Waals surface area contributed by atoms with E-state index in [0.29, 0.717) is 6.04 Å². The monoisotopic (exact) mass is 259 g/mol. The third-order valence-corrected chi connectivity index (χ3v) is 3.28. The fraction of sp³-hybridized carbons (Fsp3) is 0.400. The zero-order chi connectivity index (χ0) is 9.84. The van der Waals surface area contributed by atoms with E-state index in [1.165, 1.54) is 14.9 Å². The standard InChI is InChI=1S/C10H14BrNS/c1-7(2)4-9(12-3)8-5-10(11)13-6-8/h4-6,9,12H,1-3H3. The van der Waals surface area contributed by atoms with Crippen molar-refractivity contribution in [2.45, 2.75) is 19.9 Å². The number of hydrogen-bond donors (Lipinski definition) is 1. The Labute approximate surface area is 92.0 Å². The van der Waals surface area contributed by atoms with Gasteiger partial charge in [0.05, 0.1) is 9.83 Å². The van der Waals surface area contributed by atoms with E-state index in [1.54, 1.807) is 11.3 Å². The number of allylic oxidation sites excluding steroid dienone is 1. The van der Waals surface area contributed by atoms with Gasteiger partial charge in [0.1, 0.15) is 0 Å². The molecule has 1 nitrogen and oxygen atoms in total. The Morgan fingerprint density at radius 3 is 2.69 bits per heavy atom. The minimum Gasteiger partial charge on any atom is -0.310 e. The molecule has 1 heterocycles. The van der Waals surface area contributed by atoms with Crippen LogP contribution in [0.5, 0.6) is 0 Å². The molecular formula is C10H14BrNS. The number of rotatable bonds is 3. The molecule has 1 rings (SSSR count). The Hall–Kier alpha value is -0.120. The summed E-state index contributed by atoms with van der Waals surface area (Å²) in [6.45, 7) is 4.23. The molecule has 13 heavy (non-hydrogen) atoms. The van der Waals surface area contributed by atoms with E-state index in [2.05, 4.69) is 52.6 Å². The third kappa shape index (κ3) is 3.25. The van der Waals surface area contributed by atoms with Crippen molar-refractivity contribution in [3.63, 3.8) is 0 Å². The summed E-state index contributed by atoms with van der Waals surface area (Å²) in [6.07, 6.45) is 2.23. The van der Waals surface area contributed by atoms with Crippen LogP contribution in [-0.4, -0.2) is 7.05 Å². The van der Waals surface area contributed by atoms with Gasteiger partial charge in [-0.15, -0.1) is 11.3 Å². The predicted molar refractivity (Wildman–Crippen MR) is 63.3 cm³/mol. The average molecular weight is 260 g/mol. The fourth-order valence-electron chi connectivity index (χ4n) is 1.17. The van der Waals surface area contributed by atoms with Crippen molar-refractivity contribution in [1.29, 1.82) is 0 Å². The van der Waals surface area contributed by atoms with Crippen molar-refractivity contribution >= 4 is 27.3 Å². The highest BCUT2D eigenvalue weighted by molar-refractivity contribution is 9.11. The van der Waals surface area contributed by atoms with E-state index in [4.69, 9.17) is 0 Å². The van der Waals surface area contributed by atoms with Gasteiger partial charge >= 0.3 is 0 Å². The maximum absolute atomic E-state index is 3.47. The molecule has 0 amide bonds. The summed E-state index contributed by atoms with van der Waals surface area (Å²) < 4.78 is 1.19.